The molecule has 1 heterocycles. The summed E-state index contributed by atoms with van der Waals surface area (Å²) in [6.45, 7) is 5.93. The monoisotopic (exact) mass is 290 g/mol. The Morgan fingerprint density at radius 1 is 1.25 bits per heavy atom. The van der Waals surface area contributed by atoms with Gasteiger partial charge >= 0.3 is 0 Å². The summed E-state index contributed by atoms with van der Waals surface area (Å²) in [6, 6.07) is 10.7. The van der Waals surface area contributed by atoms with E-state index in [2.05, 4.69) is 41.7 Å². The molecule has 2 rings (SSSR count). The van der Waals surface area contributed by atoms with Gasteiger partial charge in [-0.2, -0.15) is 0 Å². The number of hydrogen-bond acceptors (Lipinski definition) is 4. The minimum Gasteiger partial charge on any atom is -0.383 e. The SMILES string of the molecule is COCC(NCc1nc(-c2ccccc2)cs1)C(C)C. The second kappa shape index (κ2) is 7.53. The number of nitrogens with one attached hydrogen (secondary N) is 1. The number of ether oxygens (including phenoxy) is 1. The summed E-state index contributed by atoms with van der Waals surface area (Å²) in [5.41, 5.74) is 2.23. The smallest absolute Gasteiger partial charge is 0.107 e. The molecule has 20 heavy (non-hydrogen) atoms. The first-order valence-electron chi connectivity index (χ1n) is 6.93. The second-order valence-electron chi connectivity index (χ2n) is 5.18. The van der Waals surface area contributed by atoms with E-state index in [4.69, 9.17) is 4.74 Å². The molecule has 0 radical (unpaired) electrons. The first kappa shape index (κ1) is 15.2. The minimum absolute atomic E-state index is 0.365. The van der Waals surface area contributed by atoms with Gasteiger partial charge in [0.25, 0.3) is 0 Å². The van der Waals surface area contributed by atoms with Crippen LogP contribution in [0.3, 0.4) is 0 Å². The van der Waals surface area contributed by atoms with Crippen LogP contribution in [0.4, 0.5) is 0 Å². The van der Waals surface area contributed by atoms with E-state index in [1.165, 1.54) is 5.56 Å². The number of rotatable bonds is 7. The van der Waals surface area contributed by atoms with E-state index in [-0.39, 0.29) is 0 Å². The molecule has 2 aromatic rings. The van der Waals surface area contributed by atoms with Crippen molar-refractivity contribution in [2.75, 3.05) is 13.7 Å². The van der Waals surface area contributed by atoms with E-state index < -0.39 is 0 Å². The molecule has 0 saturated heterocycles. The molecule has 0 saturated carbocycles. The van der Waals surface area contributed by atoms with E-state index in [9.17, 15) is 0 Å². The maximum absolute atomic E-state index is 5.25. The Bertz CT molecular complexity index is 510. The summed E-state index contributed by atoms with van der Waals surface area (Å²) in [5, 5.41) is 6.76. The lowest BCUT2D eigenvalue weighted by molar-refractivity contribution is 0.146. The van der Waals surface area contributed by atoms with Crippen molar-refractivity contribution in [3.63, 3.8) is 0 Å². The highest BCUT2D eigenvalue weighted by Crippen LogP contribution is 2.21. The number of benzene rings is 1. The summed E-state index contributed by atoms with van der Waals surface area (Å²) in [6.07, 6.45) is 0. The van der Waals surface area contributed by atoms with Crippen LogP contribution < -0.4 is 5.32 Å². The van der Waals surface area contributed by atoms with Gasteiger partial charge in [0.05, 0.1) is 12.3 Å². The second-order valence-corrected chi connectivity index (χ2v) is 6.12. The zero-order chi connectivity index (χ0) is 14.4. The predicted molar refractivity (Wildman–Crippen MR) is 84.9 cm³/mol. The highest BCUT2D eigenvalue weighted by Gasteiger charge is 2.13. The van der Waals surface area contributed by atoms with Crippen molar-refractivity contribution in [3.05, 3.63) is 40.7 Å². The maximum Gasteiger partial charge on any atom is 0.107 e. The molecule has 4 heteroatoms. The fourth-order valence-electron chi connectivity index (χ4n) is 2.02. The highest BCUT2D eigenvalue weighted by molar-refractivity contribution is 7.09. The predicted octanol–water partition coefficient (Wildman–Crippen LogP) is 3.57. The van der Waals surface area contributed by atoms with Gasteiger partial charge in [0, 0.05) is 30.6 Å². The molecule has 108 valence electrons. The van der Waals surface area contributed by atoms with Gasteiger partial charge in [-0.25, -0.2) is 4.98 Å². The standard InChI is InChI=1S/C16H22N2OS/c1-12(2)14(10-19-3)17-9-16-18-15(11-20-16)13-7-5-4-6-8-13/h4-8,11-12,14,17H,9-10H2,1-3H3. The Kier molecular flexibility index (Phi) is 5.71. The minimum atomic E-state index is 0.365. The summed E-state index contributed by atoms with van der Waals surface area (Å²) >= 11 is 1.70. The maximum atomic E-state index is 5.25. The lowest BCUT2D eigenvalue weighted by Crippen LogP contribution is -2.37. The lowest BCUT2D eigenvalue weighted by atomic mass is 10.1. The van der Waals surface area contributed by atoms with E-state index in [0.29, 0.717) is 12.0 Å². The Morgan fingerprint density at radius 2 is 2.00 bits per heavy atom. The van der Waals surface area contributed by atoms with Crippen LogP contribution in [0.5, 0.6) is 0 Å². The van der Waals surface area contributed by atoms with Crippen LogP contribution in [0, 0.1) is 5.92 Å². The van der Waals surface area contributed by atoms with Crippen molar-refractivity contribution in [1.29, 1.82) is 0 Å². The van der Waals surface area contributed by atoms with Crippen molar-refractivity contribution < 1.29 is 4.74 Å². The van der Waals surface area contributed by atoms with Crippen molar-refractivity contribution in [1.82, 2.24) is 10.3 Å². The van der Waals surface area contributed by atoms with Crippen molar-refractivity contribution in [2.45, 2.75) is 26.4 Å². The third-order valence-corrected chi connectivity index (χ3v) is 4.14. The summed E-state index contributed by atoms with van der Waals surface area (Å²) in [4.78, 5) is 4.69. The van der Waals surface area contributed by atoms with Crippen molar-refractivity contribution in [2.24, 2.45) is 5.92 Å². The van der Waals surface area contributed by atoms with Gasteiger partial charge in [-0.05, 0) is 5.92 Å². The molecule has 3 nitrogen and oxygen atoms in total. The molecule has 0 fully saturated rings. The molecule has 0 spiro atoms. The third kappa shape index (κ3) is 4.13. The zero-order valence-electron chi connectivity index (χ0n) is 12.3. The highest BCUT2D eigenvalue weighted by atomic mass is 32.1. The molecule has 1 unspecified atom stereocenters. The van der Waals surface area contributed by atoms with Crippen molar-refractivity contribution >= 4 is 11.3 Å². The molecule has 1 aromatic carbocycles. The van der Waals surface area contributed by atoms with Gasteiger partial charge in [0.15, 0.2) is 0 Å². The van der Waals surface area contributed by atoms with Gasteiger partial charge < -0.3 is 10.1 Å². The number of thiazole rings is 1. The largest absolute Gasteiger partial charge is 0.383 e. The van der Waals surface area contributed by atoms with Gasteiger partial charge in [-0.15, -0.1) is 11.3 Å². The van der Waals surface area contributed by atoms with E-state index in [0.717, 1.165) is 23.9 Å². The Morgan fingerprint density at radius 3 is 2.65 bits per heavy atom. The molecular formula is C16H22N2OS. The van der Waals surface area contributed by atoms with Crippen LogP contribution in [0.25, 0.3) is 11.3 Å². The first-order valence-corrected chi connectivity index (χ1v) is 7.81. The Balaban J connectivity index is 1.96. The van der Waals surface area contributed by atoms with Crippen LogP contribution in [-0.4, -0.2) is 24.7 Å². The zero-order valence-corrected chi connectivity index (χ0v) is 13.1. The van der Waals surface area contributed by atoms with Gasteiger partial charge in [0.1, 0.15) is 5.01 Å². The summed E-state index contributed by atoms with van der Waals surface area (Å²) in [5.74, 6) is 0.545. The molecule has 0 aliphatic rings. The van der Waals surface area contributed by atoms with Crippen molar-refractivity contribution in [3.8, 4) is 11.3 Å². The summed E-state index contributed by atoms with van der Waals surface area (Å²) in [7, 11) is 1.74. The number of nitrogens with zero attached hydrogens (tertiary/aromatic N) is 1. The number of methoxy groups -OCH3 is 1. The lowest BCUT2D eigenvalue weighted by Gasteiger charge is -2.20. The van der Waals surface area contributed by atoms with Crippen LogP contribution in [0.1, 0.15) is 18.9 Å². The molecule has 0 amide bonds. The molecule has 1 atom stereocenters. The van der Waals surface area contributed by atoms with Crippen LogP contribution >= 0.6 is 11.3 Å². The molecule has 1 aromatic heterocycles. The molecule has 0 aliphatic heterocycles. The van der Waals surface area contributed by atoms with E-state index >= 15 is 0 Å². The fourth-order valence-corrected chi connectivity index (χ4v) is 2.77. The van der Waals surface area contributed by atoms with Crippen LogP contribution in [-0.2, 0) is 11.3 Å². The molecule has 0 aliphatic carbocycles. The molecule has 0 bridgehead atoms. The van der Waals surface area contributed by atoms with E-state index in [1.54, 1.807) is 18.4 Å². The third-order valence-electron chi connectivity index (χ3n) is 3.29. The van der Waals surface area contributed by atoms with Crippen LogP contribution in [0.15, 0.2) is 35.7 Å². The van der Waals surface area contributed by atoms with E-state index in [1.807, 2.05) is 18.2 Å². The van der Waals surface area contributed by atoms with Gasteiger partial charge in [0.2, 0.25) is 0 Å². The van der Waals surface area contributed by atoms with Gasteiger partial charge in [-0.3, -0.25) is 0 Å². The normalized spacial score (nSPS) is 12.8. The van der Waals surface area contributed by atoms with Crippen LogP contribution in [0.2, 0.25) is 0 Å². The molecule has 1 N–H and O–H groups in total. The number of hydrogen-bond donors (Lipinski definition) is 1. The average molecular weight is 290 g/mol. The first-order chi connectivity index (χ1) is 9.70. The molecular weight excluding hydrogens is 268 g/mol. The fraction of sp³-hybridized carbons (Fsp3) is 0.438. The quantitative estimate of drug-likeness (QED) is 0.846. The Labute approximate surface area is 125 Å². The Hall–Kier alpha value is -1.23. The number of aromatic nitrogens is 1. The topological polar surface area (TPSA) is 34.1 Å². The van der Waals surface area contributed by atoms with Gasteiger partial charge in [-0.1, -0.05) is 44.2 Å². The average Bonchev–Trinajstić information content (AvgIpc) is 2.93. The summed E-state index contributed by atoms with van der Waals surface area (Å²) < 4.78 is 5.25.